The lowest BCUT2D eigenvalue weighted by Crippen LogP contribution is -2.16. The molecule has 2 N–H and O–H groups in total. The van der Waals surface area contributed by atoms with Crippen molar-refractivity contribution in [3.05, 3.63) is 36.5 Å². The smallest absolute Gasteiger partial charge is 0.354 e. The van der Waals surface area contributed by atoms with Crippen molar-refractivity contribution < 1.29 is 9.90 Å². The fourth-order valence-electron chi connectivity index (χ4n) is 1.53. The minimum absolute atomic E-state index is 0.0632. The summed E-state index contributed by atoms with van der Waals surface area (Å²) >= 11 is 0. The van der Waals surface area contributed by atoms with Crippen molar-refractivity contribution in [2.75, 3.05) is 5.32 Å². The first kappa shape index (κ1) is 13.2. The summed E-state index contributed by atoms with van der Waals surface area (Å²) in [5.41, 5.74) is 0.0632. The Morgan fingerprint density at radius 3 is 3.06 bits per heavy atom. The summed E-state index contributed by atoms with van der Waals surface area (Å²) in [5.74, 6) is -0.399. The third-order valence-electron chi connectivity index (χ3n) is 2.41. The van der Waals surface area contributed by atoms with E-state index in [9.17, 15) is 4.79 Å². The molecule has 0 bridgehead atoms. The second-order valence-electron chi connectivity index (χ2n) is 3.98. The molecule has 1 rings (SSSR count). The maximum atomic E-state index is 10.7. The van der Waals surface area contributed by atoms with Gasteiger partial charge in [-0.2, -0.15) is 0 Å². The number of nitrogens with zero attached hydrogens (tertiary/aromatic N) is 1. The van der Waals surface area contributed by atoms with Gasteiger partial charge in [-0.25, -0.2) is 9.78 Å². The molecule has 0 aromatic carbocycles. The molecule has 1 aromatic rings. The number of aromatic nitrogens is 1. The number of hydrogen-bond acceptors (Lipinski definition) is 3. The Bertz CT molecular complexity index is 391. The summed E-state index contributed by atoms with van der Waals surface area (Å²) in [7, 11) is 0. The van der Waals surface area contributed by atoms with Crippen LogP contribution in [0.4, 0.5) is 5.82 Å². The fourth-order valence-corrected chi connectivity index (χ4v) is 1.53. The summed E-state index contributed by atoms with van der Waals surface area (Å²) in [5, 5.41) is 12.0. The topological polar surface area (TPSA) is 62.2 Å². The van der Waals surface area contributed by atoms with Crippen LogP contribution in [0, 0.1) is 0 Å². The Morgan fingerprint density at radius 1 is 1.65 bits per heavy atom. The molecule has 0 aliphatic carbocycles. The predicted octanol–water partition coefficient (Wildman–Crippen LogP) is 2.94. The monoisotopic (exact) mass is 234 g/mol. The number of carbonyl (C=O) groups is 1. The fraction of sp³-hybridized carbons (Fsp3) is 0.385. The zero-order valence-corrected chi connectivity index (χ0v) is 10.0. The van der Waals surface area contributed by atoms with E-state index in [1.165, 1.54) is 6.07 Å². The van der Waals surface area contributed by atoms with Gasteiger partial charge in [0.15, 0.2) is 5.69 Å². The molecule has 4 heteroatoms. The third-order valence-corrected chi connectivity index (χ3v) is 2.41. The molecule has 1 heterocycles. The molecule has 0 fully saturated rings. The van der Waals surface area contributed by atoms with Crippen molar-refractivity contribution in [2.24, 2.45) is 0 Å². The number of carboxylic acid groups (broad SMARTS) is 1. The number of unbranched alkanes of at least 4 members (excludes halogenated alkanes) is 1. The summed E-state index contributed by atoms with van der Waals surface area (Å²) in [6.45, 7) is 5.73. The Kier molecular flexibility index (Phi) is 5.20. The second-order valence-corrected chi connectivity index (χ2v) is 3.98. The van der Waals surface area contributed by atoms with Gasteiger partial charge >= 0.3 is 5.97 Å². The maximum Gasteiger partial charge on any atom is 0.354 e. The Morgan fingerprint density at radius 2 is 2.41 bits per heavy atom. The minimum Gasteiger partial charge on any atom is -0.477 e. The van der Waals surface area contributed by atoms with Gasteiger partial charge in [0.25, 0.3) is 0 Å². The van der Waals surface area contributed by atoms with E-state index in [1.54, 1.807) is 12.1 Å². The zero-order chi connectivity index (χ0) is 12.7. The van der Waals surface area contributed by atoms with E-state index in [2.05, 4.69) is 23.8 Å². The quantitative estimate of drug-likeness (QED) is 0.562. The maximum absolute atomic E-state index is 10.7. The van der Waals surface area contributed by atoms with Gasteiger partial charge in [-0.3, -0.25) is 0 Å². The molecule has 4 nitrogen and oxygen atoms in total. The normalized spacial score (nSPS) is 11.8. The van der Waals surface area contributed by atoms with E-state index in [0.29, 0.717) is 5.82 Å². The van der Waals surface area contributed by atoms with Gasteiger partial charge in [0, 0.05) is 6.04 Å². The average Bonchev–Trinajstić information content (AvgIpc) is 2.29. The van der Waals surface area contributed by atoms with Crippen LogP contribution in [0.25, 0.3) is 0 Å². The van der Waals surface area contributed by atoms with Crippen LogP contribution in [-0.2, 0) is 0 Å². The molecular weight excluding hydrogens is 216 g/mol. The first-order valence-electron chi connectivity index (χ1n) is 5.71. The lowest BCUT2D eigenvalue weighted by Gasteiger charge is -2.14. The van der Waals surface area contributed by atoms with Crippen LogP contribution in [0.2, 0.25) is 0 Å². The van der Waals surface area contributed by atoms with Gasteiger partial charge in [0.1, 0.15) is 5.82 Å². The SMILES string of the molecule is C=CCCCC(C)Nc1cccc(C(=O)O)n1. The molecule has 0 amide bonds. The minimum atomic E-state index is -1.01. The largest absolute Gasteiger partial charge is 0.477 e. The van der Waals surface area contributed by atoms with E-state index < -0.39 is 5.97 Å². The third kappa shape index (κ3) is 4.68. The highest BCUT2D eigenvalue weighted by Crippen LogP contribution is 2.10. The lowest BCUT2D eigenvalue weighted by molar-refractivity contribution is 0.0690. The van der Waals surface area contributed by atoms with Crippen molar-refractivity contribution >= 4 is 11.8 Å². The van der Waals surface area contributed by atoms with Gasteiger partial charge < -0.3 is 10.4 Å². The van der Waals surface area contributed by atoms with Crippen LogP contribution < -0.4 is 5.32 Å². The first-order chi connectivity index (χ1) is 8.13. The molecule has 0 saturated carbocycles. The highest BCUT2D eigenvalue weighted by atomic mass is 16.4. The molecule has 92 valence electrons. The number of hydrogen-bond donors (Lipinski definition) is 2. The molecule has 17 heavy (non-hydrogen) atoms. The molecular formula is C13H18N2O2. The molecule has 0 radical (unpaired) electrons. The van der Waals surface area contributed by atoms with Crippen molar-refractivity contribution in [1.82, 2.24) is 4.98 Å². The van der Waals surface area contributed by atoms with Crippen LogP contribution in [0.3, 0.4) is 0 Å². The molecule has 0 saturated heterocycles. The van der Waals surface area contributed by atoms with Crippen LogP contribution in [0.15, 0.2) is 30.9 Å². The van der Waals surface area contributed by atoms with Gasteiger partial charge in [-0.05, 0) is 38.3 Å². The van der Waals surface area contributed by atoms with Gasteiger partial charge in [-0.1, -0.05) is 12.1 Å². The van der Waals surface area contributed by atoms with E-state index in [4.69, 9.17) is 5.11 Å². The molecule has 0 aliphatic heterocycles. The van der Waals surface area contributed by atoms with Crippen LogP contribution >= 0.6 is 0 Å². The number of rotatable bonds is 7. The number of pyridine rings is 1. The molecule has 0 spiro atoms. The number of nitrogens with one attached hydrogen (secondary N) is 1. The van der Waals surface area contributed by atoms with Gasteiger partial charge in [-0.15, -0.1) is 6.58 Å². The summed E-state index contributed by atoms with van der Waals surface area (Å²) in [6, 6.07) is 5.22. The van der Waals surface area contributed by atoms with Crippen LogP contribution in [0.5, 0.6) is 0 Å². The standard InChI is InChI=1S/C13H18N2O2/c1-3-4-5-7-10(2)14-12-9-6-8-11(15-12)13(16)17/h3,6,8-10H,1,4-5,7H2,2H3,(H,14,15)(H,16,17). The lowest BCUT2D eigenvalue weighted by atomic mass is 10.1. The Hall–Kier alpha value is -1.84. The predicted molar refractivity (Wildman–Crippen MR) is 68.3 cm³/mol. The summed E-state index contributed by atoms with van der Waals surface area (Å²) in [4.78, 5) is 14.8. The van der Waals surface area contributed by atoms with E-state index in [1.807, 2.05) is 6.08 Å². The average molecular weight is 234 g/mol. The van der Waals surface area contributed by atoms with Gasteiger partial charge in [0.05, 0.1) is 0 Å². The summed E-state index contributed by atoms with van der Waals surface area (Å²) < 4.78 is 0. The highest BCUT2D eigenvalue weighted by Gasteiger charge is 2.06. The Balaban J connectivity index is 2.52. The van der Waals surface area contributed by atoms with Crippen LogP contribution in [0.1, 0.15) is 36.7 Å². The van der Waals surface area contributed by atoms with E-state index in [0.717, 1.165) is 19.3 Å². The molecule has 1 atom stereocenters. The molecule has 1 aromatic heterocycles. The highest BCUT2D eigenvalue weighted by molar-refractivity contribution is 5.85. The van der Waals surface area contributed by atoms with Gasteiger partial charge in [0.2, 0.25) is 0 Å². The van der Waals surface area contributed by atoms with Crippen molar-refractivity contribution in [3.8, 4) is 0 Å². The zero-order valence-electron chi connectivity index (χ0n) is 10.0. The molecule has 1 unspecified atom stereocenters. The van der Waals surface area contributed by atoms with Crippen molar-refractivity contribution in [2.45, 2.75) is 32.2 Å². The number of allylic oxidation sites excluding steroid dienone is 1. The number of aromatic carboxylic acids is 1. The summed E-state index contributed by atoms with van der Waals surface area (Å²) in [6.07, 6.45) is 4.96. The van der Waals surface area contributed by atoms with Crippen LogP contribution in [-0.4, -0.2) is 22.1 Å². The molecule has 0 aliphatic rings. The van der Waals surface area contributed by atoms with Crippen molar-refractivity contribution in [1.29, 1.82) is 0 Å². The second kappa shape index (κ2) is 6.68. The van der Waals surface area contributed by atoms with E-state index >= 15 is 0 Å². The number of carboxylic acids is 1. The first-order valence-corrected chi connectivity index (χ1v) is 5.71. The Labute approximate surface area is 101 Å². The number of anilines is 1. The van der Waals surface area contributed by atoms with Crippen molar-refractivity contribution in [3.63, 3.8) is 0 Å². The van der Waals surface area contributed by atoms with E-state index in [-0.39, 0.29) is 11.7 Å².